The number of aromatic amines is 1. The van der Waals surface area contributed by atoms with Crippen LogP contribution in [0.15, 0.2) is 94.3 Å². The second-order valence-electron chi connectivity index (χ2n) is 6.88. The third-order valence-corrected chi connectivity index (χ3v) is 7.02. The van der Waals surface area contributed by atoms with E-state index < -0.39 is 16.1 Å². The molecular weight excluding hydrogens is 496 g/mol. The number of sulfonamides is 1. The summed E-state index contributed by atoms with van der Waals surface area (Å²) in [5.74, 6) is 0.482. The van der Waals surface area contributed by atoms with E-state index in [1.807, 2.05) is 54.6 Å². The number of benzene rings is 3. The first-order chi connectivity index (χ1) is 14.9. The second-order valence-corrected chi connectivity index (χ2v) is 9.89. The van der Waals surface area contributed by atoms with Crippen molar-refractivity contribution in [1.82, 2.24) is 19.5 Å². The highest BCUT2D eigenvalue weighted by Crippen LogP contribution is 2.24. The maximum Gasteiger partial charge on any atom is 0.241 e. The molecule has 1 aromatic heterocycles. The molecule has 4 aromatic rings. The summed E-state index contributed by atoms with van der Waals surface area (Å²) in [6, 6.07) is 24.9. The van der Waals surface area contributed by atoms with Crippen molar-refractivity contribution in [2.24, 2.45) is 0 Å². The Hall–Kier alpha value is -2.59. The van der Waals surface area contributed by atoms with Gasteiger partial charge in [0.25, 0.3) is 0 Å². The van der Waals surface area contributed by atoms with Crippen molar-refractivity contribution >= 4 is 38.2 Å². The Morgan fingerprint density at radius 3 is 2.23 bits per heavy atom. The van der Waals surface area contributed by atoms with Gasteiger partial charge in [-0.1, -0.05) is 64.5 Å². The molecule has 1 atom stereocenters. The summed E-state index contributed by atoms with van der Waals surface area (Å²) in [6.07, 6.45) is 0.406. The molecule has 4 rings (SSSR count). The Labute approximate surface area is 194 Å². The first-order valence-corrected chi connectivity index (χ1v) is 12.2. The summed E-state index contributed by atoms with van der Waals surface area (Å²) in [7, 11) is -3.78. The first-order valence-electron chi connectivity index (χ1n) is 9.48. The van der Waals surface area contributed by atoms with Crippen LogP contribution in [0.3, 0.4) is 0 Å². The third kappa shape index (κ3) is 5.01. The van der Waals surface area contributed by atoms with Crippen molar-refractivity contribution in [3.8, 4) is 5.69 Å². The molecule has 0 radical (unpaired) electrons. The molecule has 0 fully saturated rings. The van der Waals surface area contributed by atoms with Crippen molar-refractivity contribution in [3.63, 3.8) is 0 Å². The van der Waals surface area contributed by atoms with E-state index >= 15 is 0 Å². The van der Waals surface area contributed by atoms with Crippen molar-refractivity contribution in [1.29, 1.82) is 0 Å². The predicted octanol–water partition coefficient (Wildman–Crippen LogP) is 4.95. The van der Waals surface area contributed by atoms with Crippen molar-refractivity contribution < 1.29 is 8.42 Å². The Morgan fingerprint density at radius 1 is 0.968 bits per heavy atom. The normalized spacial score (nSPS) is 12.5. The van der Waals surface area contributed by atoms with Crippen LogP contribution in [0, 0.1) is 4.77 Å². The Balaban J connectivity index is 1.79. The molecule has 6 nitrogen and oxygen atoms in total. The van der Waals surface area contributed by atoms with Crippen LogP contribution in [0.25, 0.3) is 5.69 Å². The van der Waals surface area contributed by atoms with Crippen LogP contribution in [0.1, 0.15) is 17.4 Å². The monoisotopic (exact) mass is 514 g/mol. The summed E-state index contributed by atoms with van der Waals surface area (Å²) < 4.78 is 32.1. The maximum atomic E-state index is 13.1. The summed E-state index contributed by atoms with van der Waals surface area (Å²) in [5, 5.41) is 7.21. The molecule has 1 heterocycles. The standard InChI is InChI=1S/C22H19BrN4O2S2/c23-17-11-13-18(14-12-17)27-21(24-25-22(27)30)20(15-16-7-3-1-4-8-16)26-31(28,29)19-9-5-2-6-10-19/h1-14,20,26H,15H2,(H,25,30)/t20-/m1/s1. The minimum Gasteiger partial charge on any atom is -0.271 e. The predicted molar refractivity (Wildman–Crippen MR) is 126 cm³/mol. The number of hydrogen-bond acceptors (Lipinski definition) is 4. The summed E-state index contributed by atoms with van der Waals surface area (Å²) in [6.45, 7) is 0. The summed E-state index contributed by atoms with van der Waals surface area (Å²) >= 11 is 8.90. The van der Waals surface area contributed by atoms with Gasteiger partial charge in [0.05, 0.1) is 10.9 Å². The number of rotatable bonds is 7. The van der Waals surface area contributed by atoms with Gasteiger partial charge in [-0.3, -0.25) is 9.67 Å². The van der Waals surface area contributed by atoms with E-state index in [-0.39, 0.29) is 4.90 Å². The van der Waals surface area contributed by atoms with Crippen LogP contribution in [-0.4, -0.2) is 23.2 Å². The lowest BCUT2D eigenvalue weighted by Crippen LogP contribution is -2.32. The van der Waals surface area contributed by atoms with Gasteiger partial charge in [-0.15, -0.1) is 0 Å². The maximum absolute atomic E-state index is 13.1. The molecule has 0 bridgehead atoms. The van der Waals surface area contributed by atoms with Crippen LogP contribution in [0.5, 0.6) is 0 Å². The average Bonchev–Trinajstić information content (AvgIpc) is 3.16. The van der Waals surface area contributed by atoms with E-state index in [1.165, 1.54) is 0 Å². The van der Waals surface area contributed by atoms with Crippen molar-refractivity contribution in [2.45, 2.75) is 17.4 Å². The van der Waals surface area contributed by atoms with Gasteiger partial charge in [-0.25, -0.2) is 13.1 Å². The summed E-state index contributed by atoms with van der Waals surface area (Å²) in [5.41, 5.74) is 1.76. The molecule has 0 saturated heterocycles. The lowest BCUT2D eigenvalue weighted by Gasteiger charge is -2.19. The van der Waals surface area contributed by atoms with E-state index in [2.05, 4.69) is 30.8 Å². The number of hydrogen-bond donors (Lipinski definition) is 2. The smallest absolute Gasteiger partial charge is 0.241 e. The average molecular weight is 515 g/mol. The van der Waals surface area contributed by atoms with Gasteiger partial charge in [-0.2, -0.15) is 5.10 Å². The minimum atomic E-state index is -3.78. The zero-order valence-electron chi connectivity index (χ0n) is 16.3. The van der Waals surface area contributed by atoms with Crippen LogP contribution in [-0.2, 0) is 16.4 Å². The van der Waals surface area contributed by atoms with Crippen molar-refractivity contribution in [3.05, 3.63) is 106 Å². The van der Waals surface area contributed by atoms with Crippen LogP contribution in [0.4, 0.5) is 0 Å². The Kier molecular flexibility index (Phi) is 6.47. The quantitative estimate of drug-likeness (QED) is 0.341. The molecule has 0 aliphatic rings. The number of H-pyrrole nitrogens is 1. The second kappa shape index (κ2) is 9.27. The molecular formula is C22H19BrN4O2S2. The largest absolute Gasteiger partial charge is 0.271 e. The van der Waals surface area contributed by atoms with Gasteiger partial charge in [0, 0.05) is 10.2 Å². The fraction of sp³-hybridized carbons (Fsp3) is 0.0909. The molecule has 3 aromatic carbocycles. The SMILES string of the molecule is O=S(=O)(N[C@H](Cc1ccccc1)c1n[nH]c(=S)n1-c1ccc(Br)cc1)c1ccccc1. The lowest BCUT2D eigenvalue weighted by molar-refractivity contribution is 0.538. The topological polar surface area (TPSA) is 79.8 Å². The van der Waals surface area contributed by atoms with Crippen LogP contribution >= 0.6 is 28.1 Å². The van der Waals surface area contributed by atoms with Gasteiger partial charge < -0.3 is 0 Å². The third-order valence-electron chi connectivity index (χ3n) is 4.73. The highest BCUT2D eigenvalue weighted by molar-refractivity contribution is 9.10. The Morgan fingerprint density at radius 2 is 1.58 bits per heavy atom. The first kappa shape index (κ1) is 21.6. The zero-order valence-corrected chi connectivity index (χ0v) is 19.5. The van der Waals surface area contributed by atoms with Crippen LogP contribution in [0.2, 0.25) is 0 Å². The van der Waals surface area contributed by atoms with Gasteiger partial charge in [0.1, 0.15) is 0 Å². The molecule has 0 amide bonds. The van der Waals surface area contributed by atoms with Gasteiger partial charge in [0.2, 0.25) is 10.0 Å². The Bertz CT molecular complexity index is 1320. The van der Waals surface area contributed by atoms with Gasteiger partial charge >= 0.3 is 0 Å². The fourth-order valence-electron chi connectivity index (χ4n) is 3.27. The lowest BCUT2D eigenvalue weighted by atomic mass is 10.1. The molecule has 0 saturated carbocycles. The molecule has 0 spiro atoms. The number of nitrogens with one attached hydrogen (secondary N) is 2. The molecule has 0 unspecified atom stereocenters. The van der Waals surface area contributed by atoms with E-state index in [1.54, 1.807) is 34.9 Å². The number of aromatic nitrogens is 3. The van der Waals surface area contributed by atoms with Crippen LogP contribution < -0.4 is 4.72 Å². The highest BCUT2D eigenvalue weighted by atomic mass is 79.9. The zero-order chi connectivity index (χ0) is 21.8. The van der Waals surface area contributed by atoms with E-state index in [0.29, 0.717) is 17.0 Å². The molecule has 31 heavy (non-hydrogen) atoms. The highest BCUT2D eigenvalue weighted by Gasteiger charge is 2.26. The molecule has 0 aliphatic heterocycles. The van der Waals surface area contributed by atoms with Crippen molar-refractivity contribution in [2.75, 3.05) is 0 Å². The molecule has 2 N–H and O–H groups in total. The molecule has 0 aliphatic carbocycles. The summed E-state index contributed by atoms with van der Waals surface area (Å²) in [4.78, 5) is 0.192. The fourth-order valence-corrected chi connectivity index (χ4v) is 5.00. The molecule has 158 valence electrons. The van der Waals surface area contributed by atoms with E-state index in [4.69, 9.17) is 12.2 Å². The molecule has 9 heteroatoms. The minimum absolute atomic E-state index is 0.192. The number of nitrogens with zero attached hydrogens (tertiary/aromatic N) is 2. The number of halogens is 1. The van der Waals surface area contributed by atoms with Gasteiger partial charge in [-0.05, 0) is 60.6 Å². The van der Waals surface area contributed by atoms with E-state index in [0.717, 1.165) is 15.7 Å². The van der Waals surface area contributed by atoms with E-state index in [9.17, 15) is 8.42 Å². The van der Waals surface area contributed by atoms with Gasteiger partial charge in [0.15, 0.2) is 10.6 Å².